The SMILES string of the molecule is CC(C)CN1CCN(c2ncnc(N)c2C(C)C)CC1. The summed E-state index contributed by atoms with van der Waals surface area (Å²) in [5.41, 5.74) is 7.12. The molecule has 2 rings (SSSR count). The summed E-state index contributed by atoms with van der Waals surface area (Å²) in [4.78, 5) is 13.5. The van der Waals surface area contributed by atoms with Crippen LogP contribution in [0.4, 0.5) is 11.6 Å². The lowest BCUT2D eigenvalue weighted by atomic mass is 10.0. The second kappa shape index (κ2) is 6.39. The van der Waals surface area contributed by atoms with Gasteiger partial charge in [-0.1, -0.05) is 27.7 Å². The molecule has 20 heavy (non-hydrogen) atoms. The van der Waals surface area contributed by atoms with Gasteiger partial charge in [0, 0.05) is 38.3 Å². The van der Waals surface area contributed by atoms with E-state index in [9.17, 15) is 0 Å². The van der Waals surface area contributed by atoms with E-state index >= 15 is 0 Å². The molecule has 0 amide bonds. The highest BCUT2D eigenvalue weighted by Gasteiger charge is 2.23. The maximum atomic E-state index is 6.03. The fourth-order valence-electron chi connectivity index (χ4n) is 2.86. The van der Waals surface area contributed by atoms with Gasteiger partial charge in [-0.25, -0.2) is 9.97 Å². The molecule has 0 aromatic carbocycles. The lowest BCUT2D eigenvalue weighted by Crippen LogP contribution is -2.48. The van der Waals surface area contributed by atoms with Crippen LogP contribution in [0.2, 0.25) is 0 Å². The molecule has 0 unspecified atom stereocenters. The minimum Gasteiger partial charge on any atom is -0.383 e. The lowest BCUT2D eigenvalue weighted by Gasteiger charge is -2.37. The summed E-state index contributed by atoms with van der Waals surface area (Å²) in [7, 11) is 0. The molecule has 0 spiro atoms. The number of piperazine rings is 1. The highest BCUT2D eigenvalue weighted by atomic mass is 15.3. The molecule has 5 heteroatoms. The summed E-state index contributed by atoms with van der Waals surface area (Å²) in [6.45, 7) is 14.2. The first-order chi connectivity index (χ1) is 9.49. The van der Waals surface area contributed by atoms with Crippen LogP contribution in [-0.2, 0) is 0 Å². The van der Waals surface area contributed by atoms with Gasteiger partial charge in [-0.05, 0) is 11.8 Å². The molecule has 1 aliphatic heterocycles. The molecule has 5 nitrogen and oxygen atoms in total. The highest BCUT2D eigenvalue weighted by molar-refractivity contribution is 5.58. The zero-order valence-corrected chi connectivity index (χ0v) is 13.1. The fraction of sp³-hybridized carbons (Fsp3) is 0.733. The number of aromatic nitrogens is 2. The Morgan fingerprint density at radius 1 is 1.10 bits per heavy atom. The van der Waals surface area contributed by atoms with Crippen molar-refractivity contribution in [3.63, 3.8) is 0 Å². The first kappa shape index (κ1) is 15.0. The summed E-state index contributed by atoms with van der Waals surface area (Å²) in [5, 5.41) is 0. The van der Waals surface area contributed by atoms with Crippen LogP contribution in [0.5, 0.6) is 0 Å². The van der Waals surface area contributed by atoms with Crippen molar-refractivity contribution >= 4 is 11.6 Å². The maximum Gasteiger partial charge on any atom is 0.137 e. The molecule has 0 aliphatic carbocycles. The topological polar surface area (TPSA) is 58.3 Å². The molecule has 1 aromatic heterocycles. The lowest BCUT2D eigenvalue weighted by molar-refractivity contribution is 0.230. The zero-order chi connectivity index (χ0) is 14.7. The van der Waals surface area contributed by atoms with Gasteiger partial charge < -0.3 is 10.6 Å². The van der Waals surface area contributed by atoms with Crippen LogP contribution in [0.1, 0.15) is 39.2 Å². The van der Waals surface area contributed by atoms with Crippen LogP contribution in [0.3, 0.4) is 0 Å². The summed E-state index contributed by atoms with van der Waals surface area (Å²) in [6.07, 6.45) is 1.58. The molecule has 0 radical (unpaired) electrons. The van der Waals surface area contributed by atoms with E-state index < -0.39 is 0 Å². The highest BCUT2D eigenvalue weighted by Crippen LogP contribution is 2.29. The van der Waals surface area contributed by atoms with E-state index in [4.69, 9.17) is 5.73 Å². The maximum absolute atomic E-state index is 6.03. The normalized spacial score (nSPS) is 17.2. The molecule has 2 N–H and O–H groups in total. The number of nitrogens with zero attached hydrogens (tertiary/aromatic N) is 4. The third kappa shape index (κ3) is 3.39. The standard InChI is InChI=1S/C15H27N5/c1-11(2)9-19-5-7-20(8-6-19)15-13(12(3)4)14(16)17-10-18-15/h10-12H,5-9H2,1-4H3,(H2,16,17,18). The van der Waals surface area contributed by atoms with Crippen molar-refractivity contribution < 1.29 is 0 Å². The van der Waals surface area contributed by atoms with Crippen molar-refractivity contribution in [2.24, 2.45) is 5.92 Å². The second-order valence-corrected chi connectivity index (χ2v) is 6.33. The molecule has 1 fully saturated rings. The van der Waals surface area contributed by atoms with Crippen molar-refractivity contribution in [2.75, 3.05) is 43.4 Å². The van der Waals surface area contributed by atoms with E-state index in [2.05, 4.69) is 47.5 Å². The van der Waals surface area contributed by atoms with Gasteiger partial charge in [0.05, 0.1) is 0 Å². The van der Waals surface area contributed by atoms with E-state index in [0.717, 1.165) is 43.5 Å². The van der Waals surface area contributed by atoms with Gasteiger partial charge in [0.1, 0.15) is 18.0 Å². The molecule has 0 bridgehead atoms. The van der Waals surface area contributed by atoms with E-state index in [0.29, 0.717) is 11.7 Å². The van der Waals surface area contributed by atoms with Crippen molar-refractivity contribution in [3.8, 4) is 0 Å². The minimum absolute atomic E-state index is 0.347. The van der Waals surface area contributed by atoms with Crippen LogP contribution in [0.15, 0.2) is 6.33 Å². The van der Waals surface area contributed by atoms with Gasteiger partial charge >= 0.3 is 0 Å². The Hall–Kier alpha value is -1.36. The van der Waals surface area contributed by atoms with Gasteiger partial charge in [-0.2, -0.15) is 0 Å². The first-order valence-corrected chi connectivity index (χ1v) is 7.56. The summed E-state index contributed by atoms with van der Waals surface area (Å²) in [6, 6.07) is 0. The minimum atomic E-state index is 0.347. The number of nitrogens with two attached hydrogens (primary N) is 1. The molecule has 0 atom stereocenters. The molecular formula is C15H27N5. The van der Waals surface area contributed by atoms with Gasteiger partial charge in [0.15, 0.2) is 0 Å². The van der Waals surface area contributed by atoms with E-state index in [-0.39, 0.29) is 0 Å². The number of rotatable bonds is 4. The van der Waals surface area contributed by atoms with Crippen LogP contribution >= 0.6 is 0 Å². The quantitative estimate of drug-likeness (QED) is 0.911. The van der Waals surface area contributed by atoms with E-state index in [1.165, 1.54) is 6.54 Å². The van der Waals surface area contributed by atoms with Crippen molar-refractivity contribution in [1.82, 2.24) is 14.9 Å². The molecule has 112 valence electrons. The predicted molar refractivity (Wildman–Crippen MR) is 84.0 cm³/mol. The van der Waals surface area contributed by atoms with Gasteiger partial charge in [0.25, 0.3) is 0 Å². The average Bonchev–Trinajstić information content (AvgIpc) is 2.38. The van der Waals surface area contributed by atoms with Gasteiger partial charge in [-0.3, -0.25) is 4.90 Å². The number of nitrogen functional groups attached to an aromatic ring is 1. The van der Waals surface area contributed by atoms with Crippen molar-refractivity contribution in [3.05, 3.63) is 11.9 Å². The Morgan fingerprint density at radius 2 is 1.75 bits per heavy atom. The smallest absolute Gasteiger partial charge is 0.137 e. The van der Waals surface area contributed by atoms with Crippen LogP contribution in [-0.4, -0.2) is 47.6 Å². The third-order valence-corrected chi connectivity index (χ3v) is 3.77. The summed E-state index contributed by atoms with van der Waals surface area (Å²) >= 11 is 0. The Kier molecular flexibility index (Phi) is 4.81. The Labute approximate surface area is 122 Å². The average molecular weight is 277 g/mol. The van der Waals surface area contributed by atoms with Gasteiger partial charge in [-0.15, -0.1) is 0 Å². The molecular weight excluding hydrogens is 250 g/mol. The zero-order valence-electron chi connectivity index (χ0n) is 13.1. The molecule has 1 aromatic rings. The van der Waals surface area contributed by atoms with Gasteiger partial charge in [0.2, 0.25) is 0 Å². The first-order valence-electron chi connectivity index (χ1n) is 7.56. The predicted octanol–water partition coefficient (Wildman–Crippen LogP) is 1.96. The number of anilines is 2. The fourth-order valence-corrected chi connectivity index (χ4v) is 2.86. The summed E-state index contributed by atoms with van der Waals surface area (Å²) < 4.78 is 0. The van der Waals surface area contributed by atoms with Crippen molar-refractivity contribution in [1.29, 1.82) is 0 Å². The Bertz CT molecular complexity index is 436. The van der Waals surface area contributed by atoms with E-state index in [1.54, 1.807) is 6.33 Å². The number of hydrogen-bond donors (Lipinski definition) is 1. The monoisotopic (exact) mass is 277 g/mol. The Morgan fingerprint density at radius 3 is 2.30 bits per heavy atom. The van der Waals surface area contributed by atoms with E-state index in [1.807, 2.05) is 0 Å². The third-order valence-electron chi connectivity index (χ3n) is 3.77. The second-order valence-electron chi connectivity index (χ2n) is 6.33. The molecule has 0 saturated carbocycles. The largest absolute Gasteiger partial charge is 0.383 e. The molecule has 2 heterocycles. The van der Waals surface area contributed by atoms with Crippen LogP contribution in [0.25, 0.3) is 0 Å². The Balaban J connectivity index is 2.09. The molecule has 1 saturated heterocycles. The van der Waals surface area contributed by atoms with Crippen LogP contribution < -0.4 is 10.6 Å². The summed E-state index contributed by atoms with van der Waals surface area (Å²) in [5.74, 6) is 2.72. The van der Waals surface area contributed by atoms with Crippen LogP contribution in [0, 0.1) is 5.92 Å². The number of hydrogen-bond acceptors (Lipinski definition) is 5. The van der Waals surface area contributed by atoms with Crippen molar-refractivity contribution in [2.45, 2.75) is 33.6 Å². The molecule has 1 aliphatic rings.